The van der Waals surface area contributed by atoms with Gasteiger partial charge in [-0.3, -0.25) is 4.79 Å². The summed E-state index contributed by atoms with van der Waals surface area (Å²) in [6, 6.07) is 8.21. The maximum atomic E-state index is 12.3. The van der Waals surface area contributed by atoms with Crippen molar-refractivity contribution in [3.05, 3.63) is 30.1 Å². The van der Waals surface area contributed by atoms with E-state index >= 15 is 0 Å². The maximum Gasteiger partial charge on any atom is 0.225 e. The highest BCUT2D eigenvalue weighted by atomic mass is 16.2. The number of carbonyl (C=O) groups excluding carboxylic acids is 1. The maximum absolute atomic E-state index is 12.3. The van der Waals surface area contributed by atoms with Crippen LogP contribution in [-0.2, 0) is 11.3 Å². The summed E-state index contributed by atoms with van der Waals surface area (Å²) < 4.78 is 2.23. The average Bonchev–Trinajstić information content (AvgIpc) is 3.08. The van der Waals surface area contributed by atoms with E-state index in [1.807, 2.05) is 25.1 Å². The van der Waals surface area contributed by atoms with Gasteiger partial charge < -0.3 is 9.88 Å². The van der Waals surface area contributed by atoms with Crippen LogP contribution in [0, 0.1) is 12.3 Å². The van der Waals surface area contributed by atoms with Crippen LogP contribution in [0.1, 0.15) is 44.9 Å². The molecule has 22 heavy (non-hydrogen) atoms. The zero-order chi connectivity index (χ0) is 15.6. The lowest BCUT2D eigenvalue weighted by Crippen LogP contribution is -2.37. The van der Waals surface area contributed by atoms with Crippen molar-refractivity contribution in [2.24, 2.45) is 5.41 Å². The van der Waals surface area contributed by atoms with Gasteiger partial charge in [0.05, 0.1) is 11.0 Å². The molecule has 118 valence electrons. The van der Waals surface area contributed by atoms with Gasteiger partial charge >= 0.3 is 0 Å². The number of fused-ring (bicyclic) bond motifs is 1. The molecule has 1 N–H and O–H groups in total. The number of carbonyl (C=O) groups is 1. The third kappa shape index (κ3) is 2.87. The quantitative estimate of drug-likeness (QED) is 0.860. The lowest BCUT2D eigenvalue weighted by atomic mass is 9.88. The molecule has 1 amide bonds. The summed E-state index contributed by atoms with van der Waals surface area (Å²) in [6.45, 7) is 5.77. The SMILES string of the molecule is Cc1nc2ccccc2n1CCCNC(=O)C1(C)CCCC1. The van der Waals surface area contributed by atoms with E-state index in [1.165, 1.54) is 18.4 Å². The van der Waals surface area contributed by atoms with Crippen LogP contribution in [0.25, 0.3) is 11.0 Å². The van der Waals surface area contributed by atoms with E-state index in [1.54, 1.807) is 0 Å². The van der Waals surface area contributed by atoms with Gasteiger partial charge in [-0.1, -0.05) is 31.9 Å². The second kappa shape index (κ2) is 6.11. The van der Waals surface area contributed by atoms with Crippen molar-refractivity contribution in [2.75, 3.05) is 6.54 Å². The molecule has 0 aliphatic heterocycles. The second-order valence-electron chi connectivity index (χ2n) is 6.68. The van der Waals surface area contributed by atoms with Crippen LogP contribution in [-0.4, -0.2) is 22.0 Å². The lowest BCUT2D eigenvalue weighted by molar-refractivity contribution is -0.129. The van der Waals surface area contributed by atoms with Crippen molar-refractivity contribution < 1.29 is 4.79 Å². The molecule has 2 aromatic rings. The van der Waals surface area contributed by atoms with Crippen molar-refractivity contribution in [1.82, 2.24) is 14.9 Å². The van der Waals surface area contributed by atoms with Crippen LogP contribution in [0.2, 0.25) is 0 Å². The number of aryl methyl sites for hydroxylation is 2. The lowest BCUT2D eigenvalue weighted by Gasteiger charge is -2.22. The van der Waals surface area contributed by atoms with E-state index < -0.39 is 0 Å². The molecule has 1 aliphatic carbocycles. The topological polar surface area (TPSA) is 46.9 Å². The Morgan fingerprint density at radius 2 is 2.05 bits per heavy atom. The minimum atomic E-state index is -0.127. The van der Waals surface area contributed by atoms with Crippen LogP contribution in [0.3, 0.4) is 0 Å². The highest BCUT2D eigenvalue weighted by Gasteiger charge is 2.35. The van der Waals surface area contributed by atoms with Crippen molar-refractivity contribution in [3.63, 3.8) is 0 Å². The number of amides is 1. The number of imidazole rings is 1. The van der Waals surface area contributed by atoms with E-state index in [4.69, 9.17) is 0 Å². The summed E-state index contributed by atoms with van der Waals surface area (Å²) in [6.07, 6.45) is 5.37. The minimum absolute atomic E-state index is 0.127. The van der Waals surface area contributed by atoms with E-state index in [9.17, 15) is 4.79 Å². The predicted molar refractivity (Wildman–Crippen MR) is 88.7 cm³/mol. The fourth-order valence-corrected chi connectivity index (χ4v) is 3.51. The Bertz CT molecular complexity index is 668. The first-order chi connectivity index (χ1) is 10.6. The molecule has 1 heterocycles. The third-order valence-corrected chi connectivity index (χ3v) is 4.94. The molecule has 4 heteroatoms. The zero-order valence-corrected chi connectivity index (χ0v) is 13.6. The average molecular weight is 299 g/mol. The Kier molecular flexibility index (Phi) is 4.19. The molecule has 0 unspecified atom stereocenters. The summed E-state index contributed by atoms with van der Waals surface area (Å²) in [7, 11) is 0. The first-order valence-corrected chi connectivity index (χ1v) is 8.30. The predicted octanol–water partition coefficient (Wildman–Crippen LogP) is 3.43. The molecule has 1 saturated carbocycles. The summed E-state index contributed by atoms with van der Waals surface area (Å²) in [4.78, 5) is 16.9. The van der Waals surface area contributed by atoms with Gasteiger partial charge in [0.1, 0.15) is 5.82 Å². The summed E-state index contributed by atoms with van der Waals surface area (Å²) in [5.74, 6) is 1.27. The Balaban J connectivity index is 1.54. The number of rotatable bonds is 5. The van der Waals surface area contributed by atoms with Crippen LogP contribution in [0.5, 0.6) is 0 Å². The van der Waals surface area contributed by atoms with E-state index in [2.05, 4.69) is 27.9 Å². The first-order valence-electron chi connectivity index (χ1n) is 8.30. The van der Waals surface area contributed by atoms with Crippen molar-refractivity contribution in [1.29, 1.82) is 0 Å². The molecule has 4 nitrogen and oxygen atoms in total. The van der Waals surface area contributed by atoms with Gasteiger partial charge in [0.2, 0.25) is 5.91 Å². The van der Waals surface area contributed by atoms with Crippen LogP contribution in [0.15, 0.2) is 24.3 Å². The monoisotopic (exact) mass is 299 g/mol. The highest BCUT2D eigenvalue weighted by Crippen LogP contribution is 2.37. The number of hydrogen-bond donors (Lipinski definition) is 1. The number of benzene rings is 1. The molecule has 0 bridgehead atoms. The molecule has 1 aromatic carbocycles. The van der Waals surface area contributed by atoms with Gasteiger partial charge in [0.15, 0.2) is 0 Å². The van der Waals surface area contributed by atoms with Crippen LogP contribution in [0.4, 0.5) is 0 Å². The summed E-state index contributed by atoms with van der Waals surface area (Å²) in [5, 5.41) is 3.12. The Morgan fingerprint density at radius 3 is 2.82 bits per heavy atom. The minimum Gasteiger partial charge on any atom is -0.356 e. The highest BCUT2D eigenvalue weighted by molar-refractivity contribution is 5.82. The second-order valence-corrected chi connectivity index (χ2v) is 6.68. The van der Waals surface area contributed by atoms with Gasteiger partial charge in [0, 0.05) is 18.5 Å². The number of nitrogens with zero attached hydrogens (tertiary/aromatic N) is 2. The zero-order valence-electron chi connectivity index (χ0n) is 13.6. The van der Waals surface area contributed by atoms with E-state index in [0.29, 0.717) is 0 Å². The van der Waals surface area contributed by atoms with E-state index in [-0.39, 0.29) is 11.3 Å². The van der Waals surface area contributed by atoms with Gasteiger partial charge in [0.25, 0.3) is 0 Å². The molecular formula is C18H25N3O. The van der Waals surface area contributed by atoms with Crippen LogP contribution < -0.4 is 5.32 Å². The summed E-state index contributed by atoms with van der Waals surface area (Å²) >= 11 is 0. The third-order valence-electron chi connectivity index (χ3n) is 4.94. The Morgan fingerprint density at radius 1 is 1.32 bits per heavy atom. The molecule has 0 spiro atoms. The molecule has 0 saturated heterocycles. The molecular weight excluding hydrogens is 274 g/mol. The molecule has 0 atom stereocenters. The fourth-order valence-electron chi connectivity index (χ4n) is 3.51. The molecule has 1 aromatic heterocycles. The smallest absolute Gasteiger partial charge is 0.225 e. The van der Waals surface area contributed by atoms with Gasteiger partial charge in [-0.15, -0.1) is 0 Å². The molecule has 1 fully saturated rings. The van der Waals surface area contributed by atoms with Gasteiger partial charge in [-0.25, -0.2) is 4.98 Å². The largest absolute Gasteiger partial charge is 0.356 e. The fraction of sp³-hybridized carbons (Fsp3) is 0.556. The number of aromatic nitrogens is 2. The van der Waals surface area contributed by atoms with Crippen molar-refractivity contribution in [2.45, 2.75) is 52.5 Å². The van der Waals surface area contributed by atoms with Crippen molar-refractivity contribution in [3.8, 4) is 0 Å². The number of nitrogens with one attached hydrogen (secondary N) is 1. The van der Waals surface area contributed by atoms with E-state index in [0.717, 1.165) is 43.7 Å². The van der Waals surface area contributed by atoms with Crippen molar-refractivity contribution >= 4 is 16.9 Å². The molecule has 0 radical (unpaired) electrons. The normalized spacial score (nSPS) is 17.0. The standard InChI is InChI=1S/C18H25N3O/c1-14-20-15-8-3-4-9-16(15)21(14)13-7-12-19-17(22)18(2)10-5-6-11-18/h3-4,8-9H,5-7,10-13H2,1-2H3,(H,19,22). The Hall–Kier alpha value is -1.84. The Labute approximate surface area is 131 Å². The molecule has 1 aliphatic rings. The number of para-hydroxylation sites is 2. The first kappa shape index (κ1) is 15.1. The summed E-state index contributed by atoms with van der Waals surface area (Å²) in [5.41, 5.74) is 2.09. The van der Waals surface area contributed by atoms with Crippen LogP contribution >= 0.6 is 0 Å². The number of hydrogen-bond acceptors (Lipinski definition) is 2. The van der Waals surface area contributed by atoms with Gasteiger partial charge in [-0.05, 0) is 38.3 Å². The molecule has 3 rings (SSSR count). The van der Waals surface area contributed by atoms with Gasteiger partial charge in [-0.2, -0.15) is 0 Å².